The Hall–Kier alpha value is -0.900. The molecule has 4 heteroatoms. The predicted molar refractivity (Wildman–Crippen MR) is 41.0 cm³/mol. The number of carbonyl (C=O) groups is 1. The van der Waals surface area contributed by atoms with Crippen molar-refractivity contribution in [1.82, 2.24) is 0 Å². The molecule has 0 radical (unpaired) electrons. The van der Waals surface area contributed by atoms with Crippen LogP contribution in [-0.4, -0.2) is 30.5 Å². The Bertz CT molecular complexity index is 156. The topological polar surface area (TPSA) is 70.4 Å². The van der Waals surface area contributed by atoms with Crippen molar-refractivity contribution < 1.29 is 14.6 Å². The molecule has 2 N–H and O–H groups in total. The summed E-state index contributed by atoms with van der Waals surface area (Å²) in [5, 5.41) is 15.6. The first-order valence-corrected chi connectivity index (χ1v) is 3.44. The van der Waals surface area contributed by atoms with Gasteiger partial charge in [-0.05, 0) is 6.42 Å². The van der Waals surface area contributed by atoms with Gasteiger partial charge in [0.15, 0.2) is 0 Å². The normalized spacial score (nSPS) is 12.5. The van der Waals surface area contributed by atoms with Crippen LogP contribution < -0.4 is 0 Å². The van der Waals surface area contributed by atoms with Gasteiger partial charge in [-0.1, -0.05) is 6.92 Å². The van der Waals surface area contributed by atoms with Crippen LogP contribution in [0.1, 0.15) is 13.3 Å². The fourth-order valence-electron chi connectivity index (χ4n) is 0.781. The number of nitrogens with one attached hydrogen (secondary N) is 1. The summed E-state index contributed by atoms with van der Waals surface area (Å²) >= 11 is 0. The predicted octanol–water partition coefficient (Wildman–Crippen LogP) is 0.763. The van der Waals surface area contributed by atoms with Crippen LogP contribution in [0.2, 0.25) is 0 Å². The fourth-order valence-corrected chi connectivity index (χ4v) is 0.781. The minimum atomic E-state index is -1.16. The lowest BCUT2D eigenvalue weighted by molar-refractivity contribution is -0.129. The molecule has 0 heterocycles. The molecule has 0 spiro atoms. The average Bonchev–Trinajstić information content (AvgIpc) is 1.98. The Labute approximate surface area is 65.7 Å². The third-order valence-electron chi connectivity index (χ3n) is 1.50. The molecule has 11 heavy (non-hydrogen) atoms. The smallest absolute Gasteiger partial charge is 0.349 e. The third kappa shape index (κ3) is 3.13. The van der Waals surface area contributed by atoms with Crippen LogP contribution in [0.25, 0.3) is 0 Å². The number of carboxylic acid groups (broad SMARTS) is 1. The van der Waals surface area contributed by atoms with E-state index in [0.29, 0.717) is 13.0 Å². The van der Waals surface area contributed by atoms with E-state index < -0.39 is 5.97 Å². The summed E-state index contributed by atoms with van der Waals surface area (Å²) in [6.07, 6.45) is 0.624. The van der Waals surface area contributed by atoms with Crippen molar-refractivity contribution in [3.8, 4) is 0 Å². The lowest BCUT2D eigenvalue weighted by Gasteiger charge is -2.10. The molecule has 1 atom stereocenters. The summed E-state index contributed by atoms with van der Waals surface area (Å²) < 4.78 is 4.76. The fraction of sp³-hybridized carbons (Fsp3) is 0.714. The molecule has 4 nitrogen and oxygen atoms in total. The molecule has 0 amide bonds. The van der Waals surface area contributed by atoms with Gasteiger partial charge < -0.3 is 9.84 Å². The number of aliphatic carboxylic acids is 1. The quantitative estimate of drug-likeness (QED) is 0.582. The van der Waals surface area contributed by atoms with Crippen LogP contribution in [0.15, 0.2) is 0 Å². The second-order valence-corrected chi connectivity index (χ2v) is 2.28. The molecule has 0 aliphatic heterocycles. The molecule has 0 rings (SSSR count). The Morgan fingerprint density at radius 1 is 1.73 bits per heavy atom. The van der Waals surface area contributed by atoms with Crippen molar-refractivity contribution >= 4 is 11.7 Å². The molecule has 0 aromatic carbocycles. The monoisotopic (exact) mass is 159 g/mol. The van der Waals surface area contributed by atoms with E-state index in [1.165, 1.54) is 7.11 Å². The van der Waals surface area contributed by atoms with Gasteiger partial charge in [0, 0.05) is 13.0 Å². The molecule has 0 saturated carbocycles. The zero-order valence-electron chi connectivity index (χ0n) is 6.76. The van der Waals surface area contributed by atoms with Crippen LogP contribution in [0.5, 0.6) is 0 Å². The minimum Gasteiger partial charge on any atom is -0.477 e. The molecule has 0 saturated heterocycles. The second-order valence-electron chi connectivity index (χ2n) is 2.28. The van der Waals surface area contributed by atoms with Crippen LogP contribution in [0.4, 0.5) is 0 Å². The van der Waals surface area contributed by atoms with E-state index in [1.54, 1.807) is 0 Å². The van der Waals surface area contributed by atoms with E-state index in [-0.39, 0.29) is 11.6 Å². The summed E-state index contributed by atoms with van der Waals surface area (Å²) in [6, 6.07) is 0. The molecule has 0 aromatic rings. The zero-order valence-corrected chi connectivity index (χ0v) is 6.76. The summed E-state index contributed by atoms with van der Waals surface area (Å²) in [5.41, 5.74) is -0.269. The first-order chi connectivity index (χ1) is 5.13. The molecule has 0 aliphatic carbocycles. The van der Waals surface area contributed by atoms with E-state index >= 15 is 0 Å². The minimum absolute atomic E-state index is 0.269. The first-order valence-electron chi connectivity index (χ1n) is 3.44. The Balaban J connectivity index is 4.02. The highest BCUT2D eigenvalue weighted by atomic mass is 16.5. The number of ether oxygens (including phenoxy) is 1. The third-order valence-corrected chi connectivity index (χ3v) is 1.50. The van der Waals surface area contributed by atoms with Crippen molar-refractivity contribution in [3.63, 3.8) is 0 Å². The van der Waals surface area contributed by atoms with Gasteiger partial charge in [-0.15, -0.1) is 0 Å². The van der Waals surface area contributed by atoms with Gasteiger partial charge in [0.05, 0.1) is 6.61 Å². The molecule has 1 unspecified atom stereocenters. The van der Waals surface area contributed by atoms with Crippen molar-refractivity contribution in [2.24, 2.45) is 5.92 Å². The molecule has 0 aromatic heterocycles. The van der Waals surface area contributed by atoms with Crippen LogP contribution in [0.3, 0.4) is 0 Å². The van der Waals surface area contributed by atoms with Crippen molar-refractivity contribution in [2.75, 3.05) is 13.7 Å². The van der Waals surface area contributed by atoms with E-state index in [0.717, 1.165) is 0 Å². The second kappa shape index (κ2) is 4.85. The van der Waals surface area contributed by atoms with Crippen LogP contribution in [0, 0.1) is 11.3 Å². The van der Waals surface area contributed by atoms with Crippen LogP contribution in [-0.2, 0) is 9.53 Å². The standard InChI is InChI=1S/C7H13NO3/c1-3-5(4-11-2)6(8)7(9)10/h5,8H,3-4H2,1-2H3,(H,9,10). The summed E-state index contributed by atoms with van der Waals surface area (Å²) in [7, 11) is 1.50. The highest BCUT2D eigenvalue weighted by Gasteiger charge is 2.18. The number of hydrogen-bond donors (Lipinski definition) is 2. The molecular formula is C7H13NO3. The van der Waals surface area contributed by atoms with Gasteiger partial charge in [-0.2, -0.15) is 0 Å². The van der Waals surface area contributed by atoms with Gasteiger partial charge in [-0.3, -0.25) is 5.41 Å². The maximum Gasteiger partial charge on any atom is 0.349 e. The van der Waals surface area contributed by atoms with Crippen molar-refractivity contribution in [1.29, 1.82) is 5.41 Å². The number of rotatable bonds is 5. The highest BCUT2D eigenvalue weighted by Crippen LogP contribution is 2.04. The number of methoxy groups -OCH3 is 1. The van der Waals surface area contributed by atoms with Gasteiger partial charge in [-0.25, -0.2) is 4.79 Å². The van der Waals surface area contributed by atoms with Gasteiger partial charge in [0.2, 0.25) is 0 Å². The molecular weight excluding hydrogens is 146 g/mol. The van der Waals surface area contributed by atoms with Gasteiger partial charge in [0.25, 0.3) is 0 Å². The zero-order chi connectivity index (χ0) is 8.85. The number of carboxylic acids is 1. The average molecular weight is 159 g/mol. The Morgan fingerprint density at radius 2 is 2.27 bits per heavy atom. The highest BCUT2D eigenvalue weighted by molar-refractivity contribution is 6.35. The molecule has 0 bridgehead atoms. The van der Waals surface area contributed by atoms with Crippen LogP contribution >= 0.6 is 0 Å². The van der Waals surface area contributed by atoms with Gasteiger partial charge in [0.1, 0.15) is 5.71 Å². The van der Waals surface area contributed by atoms with E-state index in [4.69, 9.17) is 15.3 Å². The van der Waals surface area contributed by atoms with E-state index in [1.807, 2.05) is 6.92 Å². The maximum atomic E-state index is 10.3. The summed E-state index contributed by atoms with van der Waals surface area (Å²) in [6.45, 7) is 2.14. The van der Waals surface area contributed by atoms with Crippen molar-refractivity contribution in [3.05, 3.63) is 0 Å². The molecule has 64 valence electrons. The Kier molecular flexibility index (Phi) is 4.45. The lowest BCUT2D eigenvalue weighted by atomic mass is 10.0. The maximum absolute atomic E-state index is 10.3. The largest absolute Gasteiger partial charge is 0.477 e. The lowest BCUT2D eigenvalue weighted by Crippen LogP contribution is -2.25. The van der Waals surface area contributed by atoms with E-state index in [9.17, 15) is 4.79 Å². The summed E-state index contributed by atoms with van der Waals surface area (Å²) in [4.78, 5) is 10.3. The van der Waals surface area contributed by atoms with E-state index in [2.05, 4.69) is 0 Å². The first kappa shape index (κ1) is 10.1. The molecule has 0 fully saturated rings. The molecule has 0 aliphatic rings. The van der Waals surface area contributed by atoms with Crippen molar-refractivity contribution in [2.45, 2.75) is 13.3 Å². The SMILES string of the molecule is CCC(COC)C(=N)C(=O)O. The Morgan fingerprint density at radius 3 is 2.55 bits per heavy atom. The summed E-state index contributed by atoms with van der Waals surface area (Å²) in [5.74, 6) is -1.44. The van der Waals surface area contributed by atoms with Gasteiger partial charge >= 0.3 is 5.97 Å². The number of hydrogen-bond acceptors (Lipinski definition) is 3.